The molecule has 1 spiro atoms. The van der Waals surface area contributed by atoms with Crippen LogP contribution in [0.1, 0.15) is 30.9 Å². The number of hydrogen-bond acceptors (Lipinski definition) is 6. The highest BCUT2D eigenvalue weighted by Gasteiger charge is 2.46. The Labute approximate surface area is 159 Å². The van der Waals surface area contributed by atoms with Crippen LogP contribution < -0.4 is 15.2 Å². The van der Waals surface area contributed by atoms with Crippen LogP contribution in [0.4, 0.5) is 4.79 Å². The first-order valence-corrected chi connectivity index (χ1v) is 9.07. The Morgan fingerprint density at radius 2 is 1.93 bits per heavy atom. The van der Waals surface area contributed by atoms with Gasteiger partial charge in [0.25, 0.3) is 0 Å². The molecule has 1 aromatic rings. The number of piperidine rings is 1. The summed E-state index contributed by atoms with van der Waals surface area (Å²) in [6, 6.07) is 5.01. The van der Waals surface area contributed by atoms with Crippen LogP contribution in [0.3, 0.4) is 0 Å². The van der Waals surface area contributed by atoms with Gasteiger partial charge in [0.1, 0.15) is 5.60 Å². The molecule has 148 valence electrons. The number of ether oxygens (including phenoxy) is 3. The van der Waals surface area contributed by atoms with E-state index >= 15 is 0 Å². The summed E-state index contributed by atoms with van der Waals surface area (Å²) in [4.78, 5) is 27.7. The molecular formula is C19H27N3O5. The second-order valence-corrected chi connectivity index (χ2v) is 7.21. The zero-order valence-electron chi connectivity index (χ0n) is 16.1. The van der Waals surface area contributed by atoms with Gasteiger partial charge in [0, 0.05) is 45.4 Å². The van der Waals surface area contributed by atoms with Gasteiger partial charge in [-0.1, -0.05) is 6.07 Å². The molecule has 1 atom stereocenters. The van der Waals surface area contributed by atoms with E-state index in [4.69, 9.17) is 19.9 Å². The monoisotopic (exact) mass is 377 g/mol. The number of likely N-dealkylation sites (N-methyl/N-ethyl adjacent to an activating group) is 1. The summed E-state index contributed by atoms with van der Waals surface area (Å²) < 4.78 is 16.1. The van der Waals surface area contributed by atoms with Crippen LogP contribution in [-0.2, 0) is 9.53 Å². The van der Waals surface area contributed by atoms with Crippen molar-refractivity contribution in [1.82, 2.24) is 9.80 Å². The van der Waals surface area contributed by atoms with Crippen LogP contribution in [-0.4, -0.2) is 68.3 Å². The predicted octanol–water partition coefficient (Wildman–Crippen LogP) is 1.54. The molecule has 0 unspecified atom stereocenters. The fourth-order valence-electron chi connectivity index (χ4n) is 3.73. The molecule has 0 aromatic heterocycles. The maximum atomic E-state index is 12.7. The third-order valence-corrected chi connectivity index (χ3v) is 5.40. The summed E-state index contributed by atoms with van der Waals surface area (Å²) in [7, 11) is 4.87. The zero-order chi connectivity index (χ0) is 19.6. The van der Waals surface area contributed by atoms with Crippen LogP contribution in [0, 0.1) is 0 Å². The quantitative estimate of drug-likeness (QED) is 0.836. The van der Waals surface area contributed by atoms with Crippen molar-refractivity contribution in [2.45, 2.75) is 30.9 Å². The highest BCUT2D eigenvalue weighted by atomic mass is 16.6. The van der Waals surface area contributed by atoms with E-state index in [1.807, 2.05) is 6.07 Å². The molecule has 8 nitrogen and oxygen atoms in total. The lowest BCUT2D eigenvalue weighted by molar-refractivity contribution is -0.135. The highest BCUT2D eigenvalue weighted by Crippen LogP contribution is 2.34. The summed E-state index contributed by atoms with van der Waals surface area (Å²) >= 11 is 0. The summed E-state index contributed by atoms with van der Waals surface area (Å²) in [5.74, 6) is 1.21. The fourth-order valence-corrected chi connectivity index (χ4v) is 3.73. The molecule has 2 aliphatic heterocycles. The average molecular weight is 377 g/mol. The van der Waals surface area contributed by atoms with Gasteiger partial charge in [0.2, 0.25) is 5.91 Å². The van der Waals surface area contributed by atoms with Gasteiger partial charge >= 0.3 is 6.09 Å². The number of benzene rings is 1. The van der Waals surface area contributed by atoms with Crippen molar-refractivity contribution < 1.29 is 23.8 Å². The molecule has 27 heavy (non-hydrogen) atoms. The molecule has 2 aliphatic rings. The first-order chi connectivity index (χ1) is 12.9. The number of hydrogen-bond donors (Lipinski definition) is 1. The minimum atomic E-state index is -0.450. The van der Waals surface area contributed by atoms with E-state index in [0.29, 0.717) is 44.0 Å². The Kier molecular flexibility index (Phi) is 5.46. The summed E-state index contributed by atoms with van der Waals surface area (Å²) in [6.07, 6.45) is 1.23. The number of nitrogens with zero attached hydrogens (tertiary/aromatic N) is 2. The first kappa shape index (κ1) is 19.3. The van der Waals surface area contributed by atoms with E-state index < -0.39 is 11.6 Å². The largest absolute Gasteiger partial charge is 0.493 e. The molecule has 0 bridgehead atoms. The number of carbonyl (C=O) groups excluding carboxylic acids is 2. The van der Waals surface area contributed by atoms with Gasteiger partial charge in [-0.15, -0.1) is 0 Å². The van der Waals surface area contributed by atoms with Crippen molar-refractivity contribution in [2.75, 3.05) is 40.9 Å². The van der Waals surface area contributed by atoms with E-state index in [2.05, 4.69) is 0 Å². The van der Waals surface area contributed by atoms with Crippen molar-refractivity contribution >= 4 is 12.0 Å². The van der Waals surface area contributed by atoms with E-state index in [1.165, 1.54) is 0 Å². The summed E-state index contributed by atoms with van der Waals surface area (Å²) in [5, 5.41) is 0. The second-order valence-electron chi connectivity index (χ2n) is 7.21. The lowest BCUT2D eigenvalue weighted by atomic mass is 9.91. The van der Waals surface area contributed by atoms with Crippen LogP contribution in [0.5, 0.6) is 11.5 Å². The molecule has 0 aliphatic carbocycles. The molecule has 0 saturated carbocycles. The van der Waals surface area contributed by atoms with Crippen molar-refractivity contribution in [3.63, 3.8) is 0 Å². The summed E-state index contributed by atoms with van der Waals surface area (Å²) in [6.45, 7) is 1.72. The maximum absolute atomic E-state index is 12.7. The molecule has 2 amide bonds. The Morgan fingerprint density at radius 3 is 2.48 bits per heavy atom. The number of rotatable bonds is 5. The van der Waals surface area contributed by atoms with E-state index in [0.717, 1.165) is 5.56 Å². The number of carbonyl (C=O) groups is 2. The molecule has 2 saturated heterocycles. The van der Waals surface area contributed by atoms with Crippen LogP contribution >= 0.6 is 0 Å². The molecule has 8 heteroatoms. The van der Waals surface area contributed by atoms with Gasteiger partial charge in [0.05, 0.1) is 20.8 Å². The van der Waals surface area contributed by atoms with Crippen LogP contribution in [0.15, 0.2) is 18.2 Å². The maximum Gasteiger partial charge on any atom is 0.410 e. The van der Waals surface area contributed by atoms with Crippen molar-refractivity contribution in [3.8, 4) is 11.5 Å². The average Bonchev–Trinajstić information content (AvgIpc) is 2.94. The van der Waals surface area contributed by atoms with Gasteiger partial charge in [0.15, 0.2) is 11.5 Å². The smallest absolute Gasteiger partial charge is 0.410 e. The van der Waals surface area contributed by atoms with Gasteiger partial charge in [-0.25, -0.2) is 4.79 Å². The van der Waals surface area contributed by atoms with Gasteiger partial charge < -0.3 is 29.7 Å². The standard InChI is InChI=1S/C19H27N3O5/c1-21-12-19(27-18(21)24)6-8-22(9-7-19)17(23)11-14(20)13-4-5-15(25-2)16(10-13)26-3/h4-5,10,14H,6-9,11-12,20H2,1-3H3/t14-/m1/s1. The molecule has 2 heterocycles. The summed E-state index contributed by atoms with van der Waals surface area (Å²) in [5.41, 5.74) is 6.62. The molecule has 0 radical (unpaired) electrons. The van der Waals surface area contributed by atoms with E-state index in [-0.39, 0.29) is 18.4 Å². The molecule has 1 aromatic carbocycles. The Morgan fingerprint density at radius 1 is 1.26 bits per heavy atom. The van der Waals surface area contributed by atoms with Crippen LogP contribution in [0.2, 0.25) is 0 Å². The number of amides is 2. The SMILES string of the molecule is COc1ccc([C@H](N)CC(=O)N2CCC3(CC2)CN(C)C(=O)O3)cc1OC. The highest BCUT2D eigenvalue weighted by molar-refractivity contribution is 5.77. The number of likely N-dealkylation sites (tertiary alicyclic amines) is 1. The van der Waals surface area contributed by atoms with E-state index in [9.17, 15) is 9.59 Å². The Bertz CT molecular complexity index is 715. The lowest BCUT2D eigenvalue weighted by Crippen LogP contribution is -2.49. The fraction of sp³-hybridized carbons (Fsp3) is 0.579. The molecule has 3 rings (SSSR count). The third-order valence-electron chi connectivity index (χ3n) is 5.40. The first-order valence-electron chi connectivity index (χ1n) is 9.07. The van der Waals surface area contributed by atoms with Gasteiger partial charge in [-0.2, -0.15) is 0 Å². The predicted molar refractivity (Wildman–Crippen MR) is 98.7 cm³/mol. The number of nitrogens with two attached hydrogens (primary N) is 1. The zero-order valence-corrected chi connectivity index (χ0v) is 16.1. The van der Waals surface area contributed by atoms with Gasteiger partial charge in [-0.05, 0) is 17.7 Å². The minimum absolute atomic E-state index is 0.00446. The normalized spacial score (nSPS) is 19.8. The van der Waals surface area contributed by atoms with Crippen molar-refractivity contribution in [1.29, 1.82) is 0 Å². The Balaban J connectivity index is 1.57. The third kappa shape index (κ3) is 3.95. The van der Waals surface area contributed by atoms with Crippen LogP contribution in [0.25, 0.3) is 0 Å². The lowest BCUT2D eigenvalue weighted by Gasteiger charge is -2.37. The van der Waals surface area contributed by atoms with Crippen molar-refractivity contribution in [3.05, 3.63) is 23.8 Å². The molecule has 2 fully saturated rings. The topological polar surface area (TPSA) is 94.3 Å². The second kappa shape index (κ2) is 7.64. The van der Waals surface area contributed by atoms with Crippen molar-refractivity contribution in [2.24, 2.45) is 5.73 Å². The number of methoxy groups -OCH3 is 2. The Hall–Kier alpha value is -2.48. The van der Waals surface area contributed by atoms with E-state index in [1.54, 1.807) is 43.2 Å². The molecular weight excluding hydrogens is 350 g/mol. The minimum Gasteiger partial charge on any atom is -0.493 e. The van der Waals surface area contributed by atoms with Gasteiger partial charge in [-0.3, -0.25) is 4.79 Å². The molecule has 2 N–H and O–H groups in total.